The first-order valence-corrected chi connectivity index (χ1v) is 10.1. The van der Waals surface area contributed by atoms with E-state index in [1.54, 1.807) is 14.2 Å². The van der Waals surface area contributed by atoms with Gasteiger partial charge in [0.2, 0.25) is 5.78 Å². The fourth-order valence-electron chi connectivity index (χ4n) is 3.17. The van der Waals surface area contributed by atoms with Gasteiger partial charge in [0.05, 0.1) is 13.7 Å². The molecule has 0 N–H and O–H groups in total. The summed E-state index contributed by atoms with van der Waals surface area (Å²) >= 11 is 0. The lowest BCUT2D eigenvalue weighted by atomic mass is 10.1. The number of ketones is 1. The summed E-state index contributed by atoms with van der Waals surface area (Å²) in [4.78, 5) is 24.4. The molecule has 0 amide bonds. The lowest BCUT2D eigenvalue weighted by Gasteiger charge is -2.09. The SMILES string of the molecule is COCCCn1c(C)cc(C(=O)COC(=O)CCCOc2ccc(OC)cc2)c1C. The molecule has 0 unspecified atom stereocenters. The molecule has 7 nitrogen and oxygen atoms in total. The predicted molar refractivity (Wildman–Crippen MR) is 113 cm³/mol. The van der Waals surface area contributed by atoms with Gasteiger partial charge in [-0.15, -0.1) is 0 Å². The molecule has 0 atom stereocenters. The van der Waals surface area contributed by atoms with Crippen molar-refractivity contribution in [3.05, 3.63) is 47.3 Å². The molecule has 0 aliphatic rings. The van der Waals surface area contributed by atoms with Gasteiger partial charge in [-0.25, -0.2) is 0 Å². The molecule has 0 saturated carbocycles. The molecule has 164 valence electrons. The van der Waals surface area contributed by atoms with E-state index >= 15 is 0 Å². The van der Waals surface area contributed by atoms with Crippen molar-refractivity contribution in [1.29, 1.82) is 0 Å². The number of hydrogen-bond donors (Lipinski definition) is 0. The summed E-state index contributed by atoms with van der Waals surface area (Å²) in [6, 6.07) is 9.08. The molecule has 0 aliphatic carbocycles. The van der Waals surface area contributed by atoms with Crippen molar-refractivity contribution >= 4 is 11.8 Å². The highest BCUT2D eigenvalue weighted by Crippen LogP contribution is 2.18. The van der Waals surface area contributed by atoms with E-state index in [1.807, 2.05) is 44.2 Å². The number of aryl methyl sites for hydroxylation is 1. The van der Waals surface area contributed by atoms with E-state index in [0.29, 0.717) is 30.9 Å². The van der Waals surface area contributed by atoms with Crippen LogP contribution in [0.5, 0.6) is 11.5 Å². The second-order valence-corrected chi connectivity index (χ2v) is 6.99. The third-order valence-electron chi connectivity index (χ3n) is 4.82. The lowest BCUT2D eigenvalue weighted by molar-refractivity contribution is -0.142. The molecule has 1 aromatic heterocycles. The molecule has 0 radical (unpaired) electrons. The standard InChI is InChI=1S/C23H31NO6/c1-17-15-21(18(2)24(17)12-6-13-27-3)22(25)16-30-23(26)7-5-14-29-20-10-8-19(28-4)9-11-20/h8-11,15H,5-7,12-14,16H2,1-4H3. The second kappa shape index (κ2) is 12.0. The topological polar surface area (TPSA) is 76.0 Å². The van der Waals surface area contributed by atoms with Crippen molar-refractivity contribution in [3.63, 3.8) is 0 Å². The maximum absolute atomic E-state index is 12.5. The summed E-state index contributed by atoms with van der Waals surface area (Å²) in [5.74, 6) is 0.867. The lowest BCUT2D eigenvalue weighted by Crippen LogP contribution is -2.15. The highest BCUT2D eigenvalue weighted by atomic mass is 16.5. The fourth-order valence-corrected chi connectivity index (χ4v) is 3.17. The zero-order chi connectivity index (χ0) is 21.9. The summed E-state index contributed by atoms with van der Waals surface area (Å²) in [7, 11) is 3.27. The van der Waals surface area contributed by atoms with E-state index in [9.17, 15) is 9.59 Å². The molecule has 0 aliphatic heterocycles. The van der Waals surface area contributed by atoms with Crippen LogP contribution in [0.15, 0.2) is 30.3 Å². The molecule has 0 bridgehead atoms. The Morgan fingerprint density at radius 3 is 2.33 bits per heavy atom. The monoisotopic (exact) mass is 417 g/mol. The molecular weight excluding hydrogens is 386 g/mol. The Morgan fingerprint density at radius 1 is 0.967 bits per heavy atom. The van der Waals surface area contributed by atoms with Crippen LogP contribution in [0, 0.1) is 13.8 Å². The highest BCUT2D eigenvalue weighted by Gasteiger charge is 2.17. The Labute approximate surface area is 177 Å². The molecule has 0 saturated heterocycles. The summed E-state index contributed by atoms with van der Waals surface area (Å²) in [5, 5.41) is 0. The highest BCUT2D eigenvalue weighted by molar-refractivity contribution is 5.99. The van der Waals surface area contributed by atoms with Crippen LogP contribution in [-0.4, -0.2) is 50.4 Å². The van der Waals surface area contributed by atoms with E-state index in [1.165, 1.54) is 0 Å². The van der Waals surface area contributed by atoms with Gasteiger partial charge in [-0.2, -0.15) is 0 Å². The van der Waals surface area contributed by atoms with Gasteiger partial charge < -0.3 is 23.5 Å². The molecule has 0 fully saturated rings. The fraction of sp³-hybridized carbons (Fsp3) is 0.478. The van der Waals surface area contributed by atoms with Crippen LogP contribution < -0.4 is 9.47 Å². The van der Waals surface area contributed by atoms with E-state index in [2.05, 4.69) is 4.57 Å². The average Bonchev–Trinajstić information content (AvgIpc) is 3.04. The van der Waals surface area contributed by atoms with Crippen molar-refractivity contribution in [2.45, 2.75) is 39.7 Å². The number of methoxy groups -OCH3 is 2. The van der Waals surface area contributed by atoms with Gasteiger partial charge in [0.1, 0.15) is 11.5 Å². The molecule has 1 aromatic carbocycles. The van der Waals surface area contributed by atoms with E-state index in [-0.39, 0.29) is 18.8 Å². The molecule has 7 heteroatoms. The number of carbonyl (C=O) groups excluding carboxylic acids is 2. The first kappa shape index (κ1) is 23.5. The first-order chi connectivity index (χ1) is 14.5. The van der Waals surface area contributed by atoms with Gasteiger partial charge in [0.25, 0.3) is 0 Å². The number of carbonyl (C=O) groups is 2. The van der Waals surface area contributed by atoms with Crippen LogP contribution >= 0.6 is 0 Å². The molecular formula is C23H31NO6. The maximum atomic E-state index is 12.5. The molecule has 1 heterocycles. The average molecular weight is 418 g/mol. The van der Waals surface area contributed by atoms with Crippen molar-refractivity contribution < 1.29 is 28.5 Å². The van der Waals surface area contributed by atoms with Gasteiger partial charge in [0.15, 0.2) is 6.61 Å². The number of aromatic nitrogens is 1. The minimum absolute atomic E-state index is 0.191. The molecule has 2 rings (SSSR count). The minimum atomic E-state index is -0.407. The quantitative estimate of drug-likeness (QED) is 0.281. The van der Waals surface area contributed by atoms with Crippen LogP contribution in [0.2, 0.25) is 0 Å². The number of ether oxygens (including phenoxy) is 4. The van der Waals surface area contributed by atoms with E-state index in [4.69, 9.17) is 18.9 Å². The molecule has 30 heavy (non-hydrogen) atoms. The Balaban J connectivity index is 1.72. The largest absolute Gasteiger partial charge is 0.497 e. The van der Waals surface area contributed by atoms with Gasteiger partial charge >= 0.3 is 5.97 Å². The maximum Gasteiger partial charge on any atom is 0.306 e. The van der Waals surface area contributed by atoms with Crippen LogP contribution in [-0.2, 0) is 20.8 Å². The van der Waals surface area contributed by atoms with Crippen molar-refractivity contribution in [3.8, 4) is 11.5 Å². The predicted octanol–water partition coefficient (Wildman–Crippen LogP) is 3.74. The third kappa shape index (κ3) is 6.91. The number of nitrogens with zero attached hydrogens (tertiary/aromatic N) is 1. The third-order valence-corrected chi connectivity index (χ3v) is 4.82. The first-order valence-electron chi connectivity index (χ1n) is 10.1. The van der Waals surface area contributed by atoms with E-state index < -0.39 is 5.97 Å². The number of Topliss-reactive ketones (excluding diaryl/α,β-unsaturated/α-hetero) is 1. The van der Waals surface area contributed by atoms with Crippen LogP contribution in [0.25, 0.3) is 0 Å². The number of hydrogen-bond acceptors (Lipinski definition) is 6. The van der Waals surface area contributed by atoms with Crippen molar-refractivity contribution in [2.75, 3.05) is 34.0 Å². The Bertz CT molecular complexity index is 825. The van der Waals surface area contributed by atoms with Crippen LogP contribution in [0.4, 0.5) is 0 Å². The minimum Gasteiger partial charge on any atom is -0.497 e. The van der Waals surface area contributed by atoms with Crippen molar-refractivity contribution in [2.24, 2.45) is 0 Å². The Hall–Kier alpha value is -2.80. The zero-order valence-corrected chi connectivity index (χ0v) is 18.2. The summed E-state index contributed by atoms with van der Waals surface area (Å²) in [5.41, 5.74) is 2.49. The Morgan fingerprint density at radius 2 is 1.67 bits per heavy atom. The molecule has 2 aromatic rings. The summed E-state index contributed by atoms with van der Waals surface area (Å²) < 4.78 is 23.0. The van der Waals surface area contributed by atoms with Gasteiger partial charge in [-0.1, -0.05) is 0 Å². The normalized spacial score (nSPS) is 10.7. The zero-order valence-electron chi connectivity index (χ0n) is 18.2. The molecule has 0 spiro atoms. The van der Waals surface area contributed by atoms with Gasteiger partial charge in [-0.3, -0.25) is 9.59 Å². The number of esters is 1. The van der Waals surface area contributed by atoms with Crippen LogP contribution in [0.1, 0.15) is 41.0 Å². The summed E-state index contributed by atoms with van der Waals surface area (Å²) in [6.07, 6.45) is 1.57. The number of benzene rings is 1. The van der Waals surface area contributed by atoms with E-state index in [0.717, 1.165) is 30.1 Å². The Kier molecular flexibility index (Phi) is 9.41. The van der Waals surface area contributed by atoms with Gasteiger partial charge in [0, 0.05) is 43.6 Å². The van der Waals surface area contributed by atoms with Crippen LogP contribution in [0.3, 0.4) is 0 Å². The number of rotatable bonds is 13. The smallest absolute Gasteiger partial charge is 0.306 e. The second-order valence-electron chi connectivity index (χ2n) is 6.99. The van der Waals surface area contributed by atoms with Gasteiger partial charge in [-0.05, 0) is 57.0 Å². The van der Waals surface area contributed by atoms with Crippen molar-refractivity contribution in [1.82, 2.24) is 4.57 Å². The summed E-state index contributed by atoms with van der Waals surface area (Å²) in [6.45, 7) is 5.46.